The van der Waals surface area contributed by atoms with Gasteiger partial charge < -0.3 is 19.3 Å². The Labute approximate surface area is 143 Å². The van der Waals surface area contributed by atoms with E-state index >= 15 is 0 Å². The van der Waals surface area contributed by atoms with Crippen LogP contribution in [0.5, 0.6) is 0 Å². The molecule has 0 bridgehead atoms. The van der Waals surface area contributed by atoms with E-state index in [1.165, 1.54) is 0 Å². The van der Waals surface area contributed by atoms with Gasteiger partial charge >= 0.3 is 6.09 Å². The number of ether oxygens (including phenoxy) is 1. The van der Waals surface area contributed by atoms with Gasteiger partial charge in [-0.15, -0.1) is 0 Å². The highest BCUT2D eigenvalue weighted by Gasteiger charge is 2.25. The second-order valence-corrected chi connectivity index (χ2v) is 6.67. The van der Waals surface area contributed by atoms with Gasteiger partial charge in [-0.3, -0.25) is 0 Å². The van der Waals surface area contributed by atoms with Gasteiger partial charge in [0.2, 0.25) is 0 Å². The van der Waals surface area contributed by atoms with Gasteiger partial charge in [-0.2, -0.15) is 0 Å². The van der Waals surface area contributed by atoms with E-state index in [0.29, 0.717) is 13.1 Å². The molecule has 0 saturated carbocycles. The van der Waals surface area contributed by atoms with E-state index in [4.69, 9.17) is 4.74 Å². The standard InChI is InChI=1S/C19H24N2O3/c1-19(2,3)24-18(23)21-13-11-20(12-14-21)17-9-7-16(8-10-17)6-4-5-15-22/h7-10,15H,5,11-14H2,1-3H3. The average Bonchev–Trinajstić information content (AvgIpc) is 2.54. The van der Waals surface area contributed by atoms with Crippen LogP contribution in [-0.4, -0.2) is 49.1 Å². The van der Waals surface area contributed by atoms with E-state index in [1.807, 2.05) is 45.0 Å². The molecule has 5 nitrogen and oxygen atoms in total. The molecule has 0 aliphatic carbocycles. The fourth-order valence-electron chi connectivity index (χ4n) is 2.42. The highest BCUT2D eigenvalue weighted by atomic mass is 16.6. The number of aldehydes is 1. The molecule has 0 unspecified atom stereocenters. The molecule has 128 valence electrons. The summed E-state index contributed by atoms with van der Waals surface area (Å²) in [6, 6.07) is 7.95. The highest BCUT2D eigenvalue weighted by Crippen LogP contribution is 2.18. The molecule has 1 amide bonds. The number of nitrogens with zero attached hydrogens (tertiary/aromatic N) is 2. The zero-order chi connectivity index (χ0) is 17.6. The van der Waals surface area contributed by atoms with E-state index in [9.17, 15) is 9.59 Å². The largest absolute Gasteiger partial charge is 0.444 e. The number of hydrogen-bond acceptors (Lipinski definition) is 4. The summed E-state index contributed by atoms with van der Waals surface area (Å²) in [5.41, 5.74) is 1.54. The molecular formula is C19H24N2O3. The molecule has 1 heterocycles. The minimum atomic E-state index is -0.463. The number of hydrogen-bond donors (Lipinski definition) is 0. The third-order valence-corrected chi connectivity index (χ3v) is 3.58. The maximum absolute atomic E-state index is 12.1. The number of carbonyl (C=O) groups excluding carboxylic acids is 2. The zero-order valence-corrected chi connectivity index (χ0v) is 14.5. The van der Waals surface area contributed by atoms with Crippen molar-refractivity contribution in [3.8, 4) is 11.8 Å². The van der Waals surface area contributed by atoms with Gasteiger partial charge in [0, 0.05) is 37.4 Å². The van der Waals surface area contributed by atoms with E-state index < -0.39 is 5.60 Å². The smallest absolute Gasteiger partial charge is 0.410 e. The Morgan fingerprint density at radius 3 is 2.33 bits per heavy atom. The van der Waals surface area contributed by atoms with Gasteiger partial charge in [0.15, 0.2) is 0 Å². The number of anilines is 1. The van der Waals surface area contributed by atoms with Gasteiger partial charge in [0.25, 0.3) is 0 Å². The van der Waals surface area contributed by atoms with Gasteiger partial charge in [-0.1, -0.05) is 11.8 Å². The van der Waals surface area contributed by atoms with Gasteiger partial charge in [-0.05, 0) is 45.0 Å². The number of rotatable bonds is 2. The van der Waals surface area contributed by atoms with Crippen molar-refractivity contribution >= 4 is 18.1 Å². The maximum Gasteiger partial charge on any atom is 0.410 e. The van der Waals surface area contributed by atoms with E-state index in [0.717, 1.165) is 30.6 Å². The van der Waals surface area contributed by atoms with Crippen LogP contribution < -0.4 is 4.90 Å². The minimum absolute atomic E-state index is 0.247. The van der Waals surface area contributed by atoms with Crippen molar-refractivity contribution in [2.45, 2.75) is 32.8 Å². The monoisotopic (exact) mass is 328 g/mol. The van der Waals surface area contributed by atoms with Crippen LogP contribution in [0.1, 0.15) is 32.8 Å². The van der Waals surface area contributed by atoms with Crippen LogP contribution in [0.25, 0.3) is 0 Å². The van der Waals surface area contributed by atoms with Crippen molar-refractivity contribution in [1.82, 2.24) is 4.90 Å². The summed E-state index contributed by atoms with van der Waals surface area (Å²) < 4.78 is 5.41. The van der Waals surface area contributed by atoms with Gasteiger partial charge in [-0.25, -0.2) is 4.79 Å². The first-order valence-electron chi connectivity index (χ1n) is 8.14. The summed E-state index contributed by atoms with van der Waals surface area (Å²) in [5.74, 6) is 5.75. The predicted octanol–water partition coefficient (Wildman–Crippen LogP) is 2.68. The van der Waals surface area contributed by atoms with E-state index in [1.54, 1.807) is 4.90 Å². The first-order valence-corrected chi connectivity index (χ1v) is 8.14. The van der Waals surface area contributed by atoms with E-state index in [-0.39, 0.29) is 12.5 Å². The molecule has 0 aromatic heterocycles. The molecule has 0 radical (unpaired) electrons. The molecule has 1 aromatic carbocycles. The molecule has 1 aliphatic heterocycles. The molecule has 1 fully saturated rings. The Morgan fingerprint density at radius 2 is 1.79 bits per heavy atom. The molecule has 1 aromatic rings. The number of amides is 1. The molecule has 2 rings (SSSR count). The quantitative estimate of drug-likeness (QED) is 0.619. The highest BCUT2D eigenvalue weighted by molar-refractivity contribution is 5.68. The maximum atomic E-state index is 12.1. The lowest BCUT2D eigenvalue weighted by molar-refractivity contribution is -0.107. The van der Waals surface area contributed by atoms with Crippen molar-refractivity contribution in [3.05, 3.63) is 29.8 Å². The molecule has 0 atom stereocenters. The third kappa shape index (κ3) is 5.31. The third-order valence-electron chi connectivity index (χ3n) is 3.58. The lowest BCUT2D eigenvalue weighted by Gasteiger charge is -2.36. The zero-order valence-electron chi connectivity index (χ0n) is 14.5. The van der Waals surface area contributed by atoms with Crippen molar-refractivity contribution in [2.75, 3.05) is 31.1 Å². The summed E-state index contributed by atoms with van der Waals surface area (Å²) in [6.07, 6.45) is 0.808. The van der Waals surface area contributed by atoms with Crippen LogP contribution in [0.15, 0.2) is 24.3 Å². The summed E-state index contributed by atoms with van der Waals surface area (Å²) in [6.45, 7) is 8.47. The van der Waals surface area contributed by atoms with Crippen molar-refractivity contribution in [2.24, 2.45) is 0 Å². The minimum Gasteiger partial charge on any atom is -0.444 e. The van der Waals surface area contributed by atoms with Crippen LogP contribution >= 0.6 is 0 Å². The molecule has 0 N–H and O–H groups in total. The Balaban J connectivity index is 1.89. The Bertz CT molecular complexity index is 627. The number of carbonyl (C=O) groups is 2. The summed E-state index contributed by atoms with van der Waals surface area (Å²) >= 11 is 0. The average molecular weight is 328 g/mol. The molecule has 0 spiro atoms. The summed E-state index contributed by atoms with van der Waals surface area (Å²) in [7, 11) is 0. The van der Waals surface area contributed by atoms with E-state index in [2.05, 4.69) is 16.7 Å². The van der Waals surface area contributed by atoms with Crippen LogP contribution in [-0.2, 0) is 9.53 Å². The SMILES string of the molecule is CC(C)(C)OC(=O)N1CCN(c2ccc(C#CCC=O)cc2)CC1. The topological polar surface area (TPSA) is 49.9 Å². The Kier molecular flexibility index (Phi) is 5.86. The Morgan fingerprint density at radius 1 is 1.17 bits per heavy atom. The second-order valence-electron chi connectivity index (χ2n) is 6.67. The lowest BCUT2D eigenvalue weighted by atomic mass is 10.2. The van der Waals surface area contributed by atoms with Gasteiger partial charge in [0.1, 0.15) is 11.9 Å². The molecule has 1 aliphatic rings. The first-order chi connectivity index (χ1) is 11.4. The van der Waals surface area contributed by atoms with Crippen molar-refractivity contribution in [1.29, 1.82) is 0 Å². The normalized spacial score (nSPS) is 14.6. The van der Waals surface area contributed by atoms with Crippen LogP contribution in [0.4, 0.5) is 10.5 Å². The van der Waals surface area contributed by atoms with Crippen LogP contribution in [0.3, 0.4) is 0 Å². The molecular weight excluding hydrogens is 304 g/mol. The van der Waals surface area contributed by atoms with Crippen LogP contribution in [0.2, 0.25) is 0 Å². The molecule has 5 heteroatoms. The number of benzene rings is 1. The van der Waals surface area contributed by atoms with Crippen molar-refractivity contribution in [3.63, 3.8) is 0 Å². The van der Waals surface area contributed by atoms with Gasteiger partial charge in [0.05, 0.1) is 6.42 Å². The fraction of sp³-hybridized carbons (Fsp3) is 0.474. The second kappa shape index (κ2) is 7.87. The summed E-state index contributed by atoms with van der Waals surface area (Å²) in [4.78, 5) is 26.3. The first kappa shape index (κ1) is 17.9. The van der Waals surface area contributed by atoms with Crippen molar-refractivity contribution < 1.29 is 14.3 Å². The summed E-state index contributed by atoms with van der Waals surface area (Å²) in [5, 5.41) is 0. The predicted molar refractivity (Wildman–Crippen MR) is 94.0 cm³/mol. The number of piperazine rings is 1. The Hall–Kier alpha value is -2.48. The molecule has 1 saturated heterocycles. The lowest BCUT2D eigenvalue weighted by Crippen LogP contribution is -2.50. The molecule has 24 heavy (non-hydrogen) atoms. The van der Waals surface area contributed by atoms with Crippen LogP contribution in [0, 0.1) is 11.8 Å². The fourth-order valence-corrected chi connectivity index (χ4v) is 2.42.